The summed E-state index contributed by atoms with van der Waals surface area (Å²) in [6, 6.07) is 0. The fraction of sp³-hybridized carbons (Fsp3) is 0.625. The first-order chi connectivity index (χ1) is 5.81. The van der Waals surface area contributed by atoms with Gasteiger partial charge in [0.2, 0.25) is 0 Å². The zero-order valence-corrected chi connectivity index (χ0v) is 7.99. The van der Waals surface area contributed by atoms with Crippen LogP contribution in [0.4, 0.5) is 4.79 Å². The Morgan fingerprint density at radius 1 is 1.38 bits per heavy atom. The predicted molar refractivity (Wildman–Crippen MR) is 45.7 cm³/mol. The molecule has 0 aromatic carbocycles. The molecule has 0 aliphatic carbocycles. The number of hydrogen-bond acceptors (Lipinski definition) is 4. The van der Waals surface area contributed by atoms with Gasteiger partial charge in [-0.05, 0) is 20.8 Å². The molecule has 75 valence electrons. The van der Waals surface area contributed by atoms with E-state index in [4.69, 9.17) is 4.74 Å². The number of esters is 1. The van der Waals surface area contributed by atoms with Crippen LogP contribution < -0.4 is 5.73 Å². The van der Waals surface area contributed by atoms with E-state index in [1.54, 1.807) is 0 Å². The molecular formula is C8H14NO4. The van der Waals surface area contributed by atoms with Gasteiger partial charge in [-0.1, -0.05) is 0 Å². The summed E-state index contributed by atoms with van der Waals surface area (Å²) < 4.78 is 9.20. The van der Waals surface area contributed by atoms with Crippen molar-refractivity contribution in [1.82, 2.24) is 0 Å². The zero-order valence-electron chi connectivity index (χ0n) is 7.99. The number of hydrogen-bond donors (Lipinski definition) is 1. The van der Waals surface area contributed by atoms with Gasteiger partial charge in [0, 0.05) is 0 Å². The molecule has 0 heterocycles. The Labute approximate surface area is 77.2 Å². The van der Waals surface area contributed by atoms with E-state index >= 15 is 0 Å². The van der Waals surface area contributed by atoms with Crippen LogP contribution in [0.2, 0.25) is 0 Å². The summed E-state index contributed by atoms with van der Waals surface area (Å²) in [5, 5.41) is 0. The second kappa shape index (κ2) is 4.81. The van der Waals surface area contributed by atoms with Gasteiger partial charge >= 0.3 is 12.1 Å². The molecule has 1 amide bonds. The van der Waals surface area contributed by atoms with E-state index in [2.05, 4.69) is 10.5 Å². The minimum absolute atomic E-state index is 0.0929. The first-order valence-electron chi connectivity index (χ1n) is 3.79. The first kappa shape index (κ1) is 11.9. The van der Waals surface area contributed by atoms with E-state index < -0.39 is 12.1 Å². The SMILES string of the molecule is CC(C)(C)OC[CH]C(=O)OC(N)=O. The van der Waals surface area contributed by atoms with Crippen LogP contribution >= 0.6 is 0 Å². The van der Waals surface area contributed by atoms with Crippen molar-refractivity contribution in [3.8, 4) is 0 Å². The summed E-state index contributed by atoms with van der Waals surface area (Å²) in [4.78, 5) is 20.8. The lowest BCUT2D eigenvalue weighted by molar-refractivity contribution is -0.134. The summed E-state index contributed by atoms with van der Waals surface area (Å²) >= 11 is 0. The number of primary amides is 1. The normalized spacial score (nSPS) is 11.0. The van der Waals surface area contributed by atoms with Crippen LogP contribution in [0.3, 0.4) is 0 Å². The zero-order chi connectivity index (χ0) is 10.5. The Balaban J connectivity index is 3.54. The van der Waals surface area contributed by atoms with Crippen LogP contribution in [-0.2, 0) is 14.3 Å². The second-order valence-electron chi connectivity index (χ2n) is 3.37. The third kappa shape index (κ3) is 8.81. The van der Waals surface area contributed by atoms with Crippen LogP contribution in [0.5, 0.6) is 0 Å². The minimum Gasteiger partial charge on any atom is -0.376 e. The average molecular weight is 188 g/mol. The van der Waals surface area contributed by atoms with Crippen LogP contribution in [0.25, 0.3) is 0 Å². The molecule has 0 atom stereocenters. The topological polar surface area (TPSA) is 78.6 Å². The van der Waals surface area contributed by atoms with Gasteiger partial charge in [-0.3, -0.25) is 4.79 Å². The molecule has 0 bridgehead atoms. The van der Waals surface area contributed by atoms with Crippen LogP contribution in [-0.4, -0.2) is 24.3 Å². The van der Waals surface area contributed by atoms with E-state index in [9.17, 15) is 9.59 Å². The fourth-order valence-corrected chi connectivity index (χ4v) is 0.501. The molecule has 13 heavy (non-hydrogen) atoms. The molecule has 0 aromatic heterocycles. The molecule has 0 saturated carbocycles. The van der Waals surface area contributed by atoms with Gasteiger partial charge in [0.25, 0.3) is 0 Å². The van der Waals surface area contributed by atoms with E-state index in [1.165, 1.54) is 0 Å². The molecule has 0 rings (SSSR count). The van der Waals surface area contributed by atoms with Crippen molar-refractivity contribution in [2.24, 2.45) is 5.73 Å². The smallest absolute Gasteiger partial charge is 0.376 e. The number of rotatable bonds is 3. The highest BCUT2D eigenvalue weighted by atomic mass is 16.6. The molecule has 0 fully saturated rings. The maximum absolute atomic E-state index is 10.7. The van der Waals surface area contributed by atoms with Gasteiger partial charge in [-0.2, -0.15) is 0 Å². The van der Waals surface area contributed by atoms with Crippen molar-refractivity contribution >= 4 is 12.1 Å². The molecule has 0 unspecified atom stereocenters. The maximum atomic E-state index is 10.7. The number of ether oxygens (including phenoxy) is 2. The maximum Gasteiger partial charge on any atom is 0.412 e. The van der Waals surface area contributed by atoms with Crippen molar-refractivity contribution in [1.29, 1.82) is 0 Å². The van der Waals surface area contributed by atoms with Gasteiger partial charge in [-0.25, -0.2) is 4.79 Å². The summed E-state index contributed by atoms with van der Waals surface area (Å²) in [5.41, 5.74) is 4.28. The third-order valence-corrected chi connectivity index (χ3v) is 0.968. The van der Waals surface area contributed by atoms with Crippen molar-refractivity contribution in [3.05, 3.63) is 6.42 Å². The number of carbonyl (C=O) groups excluding carboxylic acids is 2. The highest BCUT2D eigenvalue weighted by molar-refractivity contribution is 5.88. The van der Waals surface area contributed by atoms with Crippen LogP contribution in [0.1, 0.15) is 20.8 Å². The number of carbonyl (C=O) groups is 2. The highest BCUT2D eigenvalue weighted by Crippen LogP contribution is 2.06. The van der Waals surface area contributed by atoms with Gasteiger partial charge in [0.05, 0.1) is 18.6 Å². The lowest BCUT2D eigenvalue weighted by atomic mass is 10.2. The van der Waals surface area contributed by atoms with Crippen molar-refractivity contribution in [3.63, 3.8) is 0 Å². The number of amides is 1. The largest absolute Gasteiger partial charge is 0.412 e. The van der Waals surface area contributed by atoms with E-state index in [0.29, 0.717) is 0 Å². The van der Waals surface area contributed by atoms with Gasteiger partial charge in [0.1, 0.15) is 0 Å². The molecule has 5 nitrogen and oxygen atoms in total. The molecule has 2 N–H and O–H groups in total. The van der Waals surface area contributed by atoms with Crippen molar-refractivity contribution < 1.29 is 19.1 Å². The molecule has 0 aliphatic heterocycles. The van der Waals surface area contributed by atoms with Crippen LogP contribution in [0, 0.1) is 6.42 Å². The molecular weight excluding hydrogens is 174 g/mol. The molecule has 0 saturated heterocycles. The van der Waals surface area contributed by atoms with Crippen molar-refractivity contribution in [2.45, 2.75) is 26.4 Å². The quantitative estimate of drug-likeness (QED) is 0.520. The first-order valence-corrected chi connectivity index (χ1v) is 3.79. The summed E-state index contributed by atoms with van der Waals surface area (Å²) in [6.45, 7) is 5.64. The molecule has 1 radical (unpaired) electrons. The van der Waals surface area contributed by atoms with Crippen LogP contribution in [0.15, 0.2) is 0 Å². The lowest BCUT2D eigenvalue weighted by Crippen LogP contribution is -2.24. The van der Waals surface area contributed by atoms with Gasteiger partial charge in [-0.15, -0.1) is 0 Å². The Morgan fingerprint density at radius 2 is 1.92 bits per heavy atom. The third-order valence-electron chi connectivity index (χ3n) is 0.968. The summed E-state index contributed by atoms with van der Waals surface area (Å²) in [7, 11) is 0. The molecule has 5 heteroatoms. The summed E-state index contributed by atoms with van der Waals surface area (Å²) in [6.07, 6.45) is -0.00673. The van der Waals surface area contributed by atoms with E-state index in [-0.39, 0.29) is 12.2 Å². The molecule has 0 aliphatic rings. The van der Waals surface area contributed by atoms with E-state index in [1.807, 2.05) is 20.8 Å². The average Bonchev–Trinajstić information content (AvgIpc) is 1.81. The standard InChI is InChI=1S/C8H14NO4/c1-8(2,3)12-5-4-6(10)13-7(9)11/h4H,5H2,1-3H3,(H2,9,11). The Bertz CT molecular complexity index is 195. The lowest BCUT2D eigenvalue weighted by Gasteiger charge is -2.18. The Hall–Kier alpha value is -1.10. The van der Waals surface area contributed by atoms with Crippen molar-refractivity contribution in [2.75, 3.05) is 6.61 Å². The predicted octanol–water partition coefficient (Wildman–Crippen LogP) is 0.628. The fourth-order valence-electron chi connectivity index (χ4n) is 0.501. The monoisotopic (exact) mass is 188 g/mol. The summed E-state index contributed by atoms with van der Waals surface area (Å²) in [5.74, 6) is -0.795. The highest BCUT2D eigenvalue weighted by Gasteiger charge is 2.12. The molecule has 0 spiro atoms. The molecule has 0 aromatic rings. The Kier molecular flexibility index (Phi) is 4.40. The van der Waals surface area contributed by atoms with Gasteiger partial charge in [0.15, 0.2) is 0 Å². The Morgan fingerprint density at radius 3 is 2.31 bits per heavy atom. The number of nitrogens with two attached hydrogens (primary N) is 1. The van der Waals surface area contributed by atoms with E-state index in [0.717, 1.165) is 6.42 Å². The minimum atomic E-state index is -1.11. The second-order valence-corrected chi connectivity index (χ2v) is 3.37. The van der Waals surface area contributed by atoms with Gasteiger partial charge < -0.3 is 15.2 Å².